The monoisotopic (exact) mass is 981 g/mol. The SMILES string of the molecule is CC/C=C\C/C=C\C/C=C\C/C=C\CCCCCOCC(COC1OC(COC2OC(CO)C(O)C(O)C2O)C(O)C(O)C1O)OC(=O)CCCCCCCCCCC/C=C\CCCCCCCC. The predicted octanol–water partition coefficient (Wildman–Crippen LogP) is 8.52. The number of ether oxygens (including phenoxy) is 6. The quantitative estimate of drug-likeness (QED) is 0.0174. The summed E-state index contributed by atoms with van der Waals surface area (Å²) in [7, 11) is 0. The summed E-state index contributed by atoms with van der Waals surface area (Å²) in [6.07, 6.45) is 34.2. The standard InChI is InChI=1S/C55H96O14/c1-3-5-7-9-11-13-15-17-19-21-22-23-24-26-28-30-32-34-36-38-47(57)67-44(41-64-39-37-35-33-31-29-27-25-20-18-16-14-12-10-8-6-4-2)42-65-54-53(63)51(61)49(59)46(69-54)43-66-55-52(62)50(60)48(58)45(40-56)68-55/h6,8,12,14,17-20,27,29,44-46,48-56,58-63H,3-5,7,9-11,13,15-16,21-26,28,30-43H2,1-2H3/b8-6-,14-12-,19-17-,20-18-,29-27-. The number of carbonyl (C=O) groups is 1. The Bertz CT molecular complexity index is 1370. The van der Waals surface area contributed by atoms with E-state index in [1.54, 1.807) is 0 Å². The van der Waals surface area contributed by atoms with Gasteiger partial charge in [0.1, 0.15) is 54.9 Å². The molecule has 0 spiro atoms. The molecule has 0 amide bonds. The van der Waals surface area contributed by atoms with Crippen LogP contribution in [0.1, 0.15) is 181 Å². The summed E-state index contributed by atoms with van der Waals surface area (Å²) in [5, 5.41) is 72.2. The average Bonchev–Trinajstić information content (AvgIpc) is 3.35. The third kappa shape index (κ3) is 29.7. The maximum absolute atomic E-state index is 13.0. The molecule has 400 valence electrons. The van der Waals surface area contributed by atoms with Crippen molar-refractivity contribution >= 4 is 5.97 Å². The molecular weight excluding hydrogens is 885 g/mol. The number of rotatable bonds is 42. The van der Waals surface area contributed by atoms with Crippen LogP contribution in [0.5, 0.6) is 0 Å². The van der Waals surface area contributed by atoms with E-state index in [-0.39, 0.29) is 19.6 Å². The van der Waals surface area contributed by atoms with E-state index in [0.717, 1.165) is 70.6 Å². The fourth-order valence-electron chi connectivity index (χ4n) is 8.15. The van der Waals surface area contributed by atoms with Crippen LogP contribution in [0.3, 0.4) is 0 Å². The number of aliphatic hydroxyl groups excluding tert-OH is 7. The summed E-state index contributed by atoms with van der Waals surface area (Å²) in [4.78, 5) is 13.0. The second-order valence-corrected chi connectivity index (χ2v) is 18.7. The molecule has 69 heavy (non-hydrogen) atoms. The molecule has 0 aromatic carbocycles. The zero-order valence-electron chi connectivity index (χ0n) is 42.5. The van der Waals surface area contributed by atoms with Gasteiger partial charge in [-0.2, -0.15) is 0 Å². The van der Waals surface area contributed by atoms with E-state index in [1.165, 1.54) is 83.5 Å². The number of aliphatic hydroxyl groups is 7. The van der Waals surface area contributed by atoms with Gasteiger partial charge in [0.15, 0.2) is 12.6 Å². The average molecular weight is 981 g/mol. The zero-order valence-corrected chi connectivity index (χ0v) is 42.5. The third-order valence-electron chi connectivity index (χ3n) is 12.5. The van der Waals surface area contributed by atoms with Gasteiger partial charge < -0.3 is 64.2 Å². The largest absolute Gasteiger partial charge is 0.457 e. The number of unbranched alkanes of at least 4 members (excludes halogenated alkanes) is 18. The van der Waals surface area contributed by atoms with Crippen molar-refractivity contribution in [3.63, 3.8) is 0 Å². The molecule has 2 fully saturated rings. The van der Waals surface area contributed by atoms with Gasteiger partial charge in [-0.05, 0) is 77.0 Å². The maximum atomic E-state index is 13.0. The Hall–Kier alpha value is -2.31. The van der Waals surface area contributed by atoms with Crippen molar-refractivity contribution in [3.05, 3.63) is 60.8 Å². The van der Waals surface area contributed by atoms with Crippen LogP contribution in [0.25, 0.3) is 0 Å². The molecule has 0 aromatic rings. The minimum atomic E-state index is -1.71. The second kappa shape index (κ2) is 42.2. The smallest absolute Gasteiger partial charge is 0.306 e. The van der Waals surface area contributed by atoms with Crippen LogP contribution in [0, 0.1) is 0 Å². The second-order valence-electron chi connectivity index (χ2n) is 18.7. The fraction of sp³-hybridized carbons (Fsp3) is 0.800. The molecule has 11 atom stereocenters. The molecule has 14 heteroatoms. The van der Waals surface area contributed by atoms with Gasteiger partial charge in [0.25, 0.3) is 0 Å². The minimum Gasteiger partial charge on any atom is -0.457 e. The first-order chi connectivity index (χ1) is 33.6. The van der Waals surface area contributed by atoms with Gasteiger partial charge in [-0.1, -0.05) is 158 Å². The molecule has 7 N–H and O–H groups in total. The van der Waals surface area contributed by atoms with Crippen molar-refractivity contribution < 1.29 is 69.0 Å². The molecule has 11 unspecified atom stereocenters. The Morgan fingerprint density at radius 3 is 1.49 bits per heavy atom. The van der Waals surface area contributed by atoms with Gasteiger partial charge in [0, 0.05) is 13.0 Å². The van der Waals surface area contributed by atoms with Gasteiger partial charge in [-0.15, -0.1) is 0 Å². The van der Waals surface area contributed by atoms with E-state index in [1.807, 2.05) is 0 Å². The van der Waals surface area contributed by atoms with Gasteiger partial charge >= 0.3 is 5.97 Å². The Labute approximate surface area is 415 Å². The highest BCUT2D eigenvalue weighted by Crippen LogP contribution is 2.26. The molecule has 0 aliphatic carbocycles. The Balaban J connectivity index is 1.76. The van der Waals surface area contributed by atoms with Crippen LogP contribution in [0.2, 0.25) is 0 Å². The summed E-state index contributed by atoms with van der Waals surface area (Å²) < 4.78 is 34.3. The molecular formula is C55H96O14. The number of hydrogen-bond donors (Lipinski definition) is 7. The molecule has 2 aliphatic rings. The lowest BCUT2D eigenvalue weighted by Crippen LogP contribution is -2.61. The Kier molecular flexibility index (Phi) is 38.4. The molecule has 14 nitrogen and oxygen atoms in total. The number of allylic oxidation sites excluding steroid dienone is 10. The molecule has 0 bridgehead atoms. The van der Waals surface area contributed by atoms with Crippen molar-refractivity contribution in [1.29, 1.82) is 0 Å². The van der Waals surface area contributed by atoms with Crippen LogP contribution in [0.4, 0.5) is 0 Å². The van der Waals surface area contributed by atoms with E-state index in [9.17, 15) is 40.5 Å². The lowest BCUT2D eigenvalue weighted by molar-refractivity contribution is -0.332. The molecule has 0 saturated carbocycles. The first-order valence-electron chi connectivity index (χ1n) is 26.9. The molecule has 0 radical (unpaired) electrons. The highest BCUT2D eigenvalue weighted by molar-refractivity contribution is 5.69. The van der Waals surface area contributed by atoms with Gasteiger partial charge in [0.2, 0.25) is 0 Å². The summed E-state index contributed by atoms with van der Waals surface area (Å²) >= 11 is 0. The van der Waals surface area contributed by atoms with Crippen LogP contribution < -0.4 is 0 Å². The molecule has 0 aromatic heterocycles. The first-order valence-corrected chi connectivity index (χ1v) is 26.9. The Morgan fingerprint density at radius 1 is 0.493 bits per heavy atom. The van der Waals surface area contributed by atoms with Crippen LogP contribution in [0.15, 0.2) is 60.8 Å². The Morgan fingerprint density at radius 2 is 0.942 bits per heavy atom. The molecule has 2 rings (SSSR count). The normalized spacial score (nSPS) is 26.2. The molecule has 2 saturated heterocycles. The predicted molar refractivity (Wildman–Crippen MR) is 270 cm³/mol. The summed E-state index contributed by atoms with van der Waals surface area (Å²) in [5.41, 5.74) is 0. The van der Waals surface area contributed by atoms with Crippen molar-refractivity contribution in [1.82, 2.24) is 0 Å². The van der Waals surface area contributed by atoms with Crippen LogP contribution >= 0.6 is 0 Å². The number of hydrogen-bond acceptors (Lipinski definition) is 14. The van der Waals surface area contributed by atoms with E-state index < -0.39 is 86.7 Å². The summed E-state index contributed by atoms with van der Waals surface area (Å²) in [5.74, 6) is -0.391. The molecule has 2 aliphatic heterocycles. The van der Waals surface area contributed by atoms with Crippen LogP contribution in [-0.2, 0) is 33.2 Å². The van der Waals surface area contributed by atoms with Crippen molar-refractivity contribution in [2.24, 2.45) is 0 Å². The maximum Gasteiger partial charge on any atom is 0.306 e. The summed E-state index contributed by atoms with van der Waals surface area (Å²) in [6.45, 7) is 3.49. The number of carbonyl (C=O) groups excluding carboxylic acids is 1. The summed E-state index contributed by atoms with van der Waals surface area (Å²) in [6, 6.07) is 0. The van der Waals surface area contributed by atoms with Crippen molar-refractivity contribution in [3.8, 4) is 0 Å². The van der Waals surface area contributed by atoms with Crippen molar-refractivity contribution in [2.75, 3.05) is 33.0 Å². The van der Waals surface area contributed by atoms with E-state index in [2.05, 4.69) is 74.6 Å². The van der Waals surface area contributed by atoms with Crippen molar-refractivity contribution in [2.45, 2.75) is 248 Å². The topological polar surface area (TPSA) is 214 Å². The lowest BCUT2D eigenvalue weighted by Gasteiger charge is -2.42. The van der Waals surface area contributed by atoms with Gasteiger partial charge in [0.05, 0.1) is 26.4 Å². The fourth-order valence-corrected chi connectivity index (χ4v) is 8.15. The van der Waals surface area contributed by atoms with E-state index >= 15 is 0 Å². The minimum absolute atomic E-state index is 0.0374. The van der Waals surface area contributed by atoms with Gasteiger partial charge in [-0.3, -0.25) is 4.79 Å². The highest BCUT2D eigenvalue weighted by atomic mass is 16.7. The van der Waals surface area contributed by atoms with Crippen LogP contribution in [-0.4, -0.2) is 142 Å². The van der Waals surface area contributed by atoms with E-state index in [4.69, 9.17) is 28.4 Å². The number of esters is 1. The molecule has 2 heterocycles. The lowest BCUT2D eigenvalue weighted by atomic mass is 9.98. The van der Waals surface area contributed by atoms with Gasteiger partial charge in [-0.25, -0.2) is 0 Å². The zero-order chi connectivity index (χ0) is 50.2. The highest BCUT2D eigenvalue weighted by Gasteiger charge is 2.47. The third-order valence-corrected chi connectivity index (χ3v) is 12.5. The first kappa shape index (κ1) is 62.8. The van der Waals surface area contributed by atoms with E-state index in [0.29, 0.717) is 13.0 Å².